The topological polar surface area (TPSA) is 38.3 Å². The first-order chi connectivity index (χ1) is 11.0. The number of rotatable bonds is 2. The van der Waals surface area contributed by atoms with Gasteiger partial charge in [-0.1, -0.05) is 52.5 Å². The number of carbonyl (C=O) groups excluding carboxylic acids is 1. The maximum atomic E-state index is 12.6. The Morgan fingerprint density at radius 3 is 2.70 bits per heavy atom. The van der Waals surface area contributed by atoms with Crippen LogP contribution in [0.3, 0.4) is 0 Å². The molecule has 1 aliphatic rings. The number of hydrogen-bond donors (Lipinski definition) is 1. The van der Waals surface area contributed by atoms with E-state index in [0.717, 1.165) is 16.9 Å². The number of benzene rings is 2. The number of carbonyl (C=O) groups is 1. The van der Waals surface area contributed by atoms with Crippen LogP contribution < -0.4 is 10.1 Å². The minimum absolute atomic E-state index is 0.155. The SMILES string of the molecule is Cc1ccc2c(c1)C(NC(=O)c1c(Cl)ccc(Cl)c1Cl)CCO2. The number of nitrogens with one attached hydrogen (secondary N) is 1. The van der Waals surface area contributed by atoms with Crippen LogP contribution in [-0.4, -0.2) is 12.5 Å². The highest BCUT2D eigenvalue weighted by Crippen LogP contribution is 2.35. The van der Waals surface area contributed by atoms with Crippen molar-refractivity contribution in [2.45, 2.75) is 19.4 Å². The lowest BCUT2D eigenvalue weighted by Gasteiger charge is -2.27. The first-order valence-electron chi connectivity index (χ1n) is 7.15. The van der Waals surface area contributed by atoms with E-state index in [0.29, 0.717) is 18.1 Å². The van der Waals surface area contributed by atoms with Gasteiger partial charge in [0, 0.05) is 12.0 Å². The Kier molecular flexibility index (Phi) is 4.72. The molecule has 0 spiro atoms. The Morgan fingerprint density at radius 2 is 1.91 bits per heavy atom. The molecule has 3 nitrogen and oxygen atoms in total. The smallest absolute Gasteiger partial charge is 0.254 e. The molecule has 0 saturated heterocycles. The molecule has 23 heavy (non-hydrogen) atoms. The van der Waals surface area contributed by atoms with Gasteiger partial charge in [0.15, 0.2) is 0 Å². The Labute approximate surface area is 149 Å². The van der Waals surface area contributed by atoms with Gasteiger partial charge >= 0.3 is 0 Å². The highest BCUT2D eigenvalue weighted by molar-refractivity contribution is 6.46. The molecule has 0 saturated carbocycles. The fraction of sp³-hybridized carbons (Fsp3) is 0.235. The van der Waals surface area contributed by atoms with Crippen molar-refractivity contribution >= 4 is 40.7 Å². The Morgan fingerprint density at radius 1 is 1.17 bits per heavy atom. The van der Waals surface area contributed by atoms with Crippen LogP contribution in [0.25, 0.3) is 0 Å². The van der Waals surface area contributed by atoms with E-state index in [2.05, 4.69) is 5.32 Å². The molecule has 6 heteroatoms. The summed E-state index contributed by atoms with van der Waals surface area (Å²) in [5.74, 6) is 0.442. The highest BCUT2D eigenvalue weighted by atomic mass is 35.5. The summed E-state index contributed by atoms with van der Waals surface area (Å²) in [6.45, 7) is 2.54. The van der Waals surface area contributed by atoms with Crippen molar-refractivity contribution in [1.29, 1.82) is 0 Å². The molecule has 1 heterocycles. The first-order valence-corrected chi connectivity index (χ1v) is 8.28. The molecule has 3 rings (SSSR count). The van der Waals surface area contributed by atoms with Gasteiger partial charge < -0.3 is 10.1 Å². The lowest BCUT2D eigenvalue weighted by molar-refractivity contribution is 0.0925. The average Bonchev–Trinajstić information content (AvgIpc) is 2.52. The molecule has 120 valence electrons. The zero-order chi connectivity index (χ0) is 16.6. The Hall–Kier alpha value is -1.42. The van der Waals surface area contributed by atoms with Crippen LogP contribution in [0.2, 0.25) is 15.1 Å². The second kappa shape index (κ2) is 6.60. The Balaban J connectivity index is 1.91. The summed E-state index contributed by atoms with van der Waals surface area (Å²) in [4.78, 5) is 12.6. The van der Waals surface area contributed by atoms with Crippen molar-refractivity contribution in [2.24, 2.45) is 0 Å². The molecule has 0 radical (unpaired) electrons. The summed E-state index contributed by atoms with van der Waals surface area (Å²) >= 11 is 18.2. The first kappa shape index (κ1) is 16.4. The third-order valence-corrected chi connectivity index (χ3v) is 4.90. The van der Waals surface area contributed by atoms with Crippen LogP contribution in [0.1, 0.15) is 33.9 Å². The summed E-state index contributed by atoms with van der Waals surface area (Å²) in [6.07, 6.45) is 0.679. The molecule has 0 aromatic heterocycles. The van der Waals surface area contributed by atoms with Crippen molar-refractivity contribution in [1.82, 2.24) is 5.32 Å². The molecule has 1 atom stereocenters. The highest BCUT2D eigenvalue weighted by Gasteiger charge is 2.26. The monoisotopic (exact) mass is 369 g/mol. The molecule has 0 aliphatic carbocycles. The summed E-state index contributed by atoms with van der Waals surface area (Å²) in [5.41, 5.74) is 2.26. The van der Waals surface area contributed by atoms with Gasteiger partial charge in [0.25, 0.3) is 5.91 Å². The van der Waals surface area contributed by atoms with Crippen molar-refractivity contribution in [2.75, 3.05) is 6.61 Å². The van der Waals surface area contributed by atoms with Crippen LogP contribution in [0.4, 0.5) is 0 Å². The van der Waals surface area contributed by atoms with Crippen LogP contribution in [0, 0.1) is 6.92 Å². The Bertz CT molecular complexity index is 777. The zero-order valence-corrected chi connectivity index (χ0v) is 14.6. The lowest BCUT2D eigenvalue weighted by atomic mass is 9.98. The summed E-state index contributed by atoms with van der Waals surface area (Å²) in [7, 11) is 0. The number of ether oxygens (including phenoxy) is 1. The van der Waals surface area contributed by atoms with E-state index < -0.39 is 0 Å². The van der Waals surface area contributed by atoms with E-state index in [-0.39, 0.29) is 27.6 Å². The zero-order valence-electron chi connectivity index (χ0n) is 12.3. The second-order valence-electron chi connectivity index (χ2n) is 5.42. The maximum Gasteiger partial charge on any atom is 0.254 e. The predicted octanol–water partition coefficient (Wildman–Crippen LogP) is 5.21. The van der Waals surface area contributed by atoms with Gasteiger partial charge in [0.2, 0.25) is 0 Å². The summed E-state index contributed by atoms with van der Waals surface area (Å²) in [5, 5.41) is 3.71. The van der Waals surface area contributed by atoms with E-state index >= 15 is 0 Å². The molecule has 1 N–H and O–H groups in total. The van der Waals surface area contributed by atoms with E-state index in [4.69, 9.17) is 39.5 Å². The molecule has 1 amide bonds. The van der Waals surface area contributed by atoms with Crippen molar-refractivity contribution in [3.8, 4) is 5.75 Å². The fourth-order valence-corrected chi connectivity index (χ4v) is 3.33. The van der Waals surface area contributed by atoms with Crippen LogP contribution in [0.15, 0.2) is 30.3 Å². The lowest BCUT2D eigenvalue weighted by Crippen LogP contribution is -2.32. The molecule has 2 aromatic rings. The van der Waals surface area contributed by atoms with E-state index in [1.165, 1.54) is 0 Å². The van der Waals surface area contributed by atoms with Gasteiger partial charge in [0.05, 0.1) is 33.3 Å². The van der Waals surface area contributed by atoms with Gasteiger partial charge in [-0.25, -0.2) is 0 Å². The molecule has 1 aliphatic heterocycles. The summed E-state index contributed by atoms with van der Waals surface area (Å²) in [6, 6.07) is 8.89. The standard InChI is InChI=1S/C17H14Cl3NO2/c1-9-2-5-14-10(8-9)13(6-7-23-14)21-17(22)15-11(18)3-4-12(19)16(15)20/h2-5,8,13H,6-7H2,1H3,(H,21,22). The molecule has 0 bridgehead atoms. The van der Waals surface area contributed by atoms with Gasteiger partial charge in [-0.2, -0.15) is 0 Å². The van der Waals surface area contributed by atoms with Crippen LogP contribution >= 0.6 is 34.8 Å². The van der Waals surface area contributed by atoms with Crippen LogP contribution in [-0.2, 0) is 0 Å². The van der Waals surface area contributed by atoms with Gasteiger partial charge in [-0.3, -0.25) is 4.79 Å². The molecular formula is C17H14Cl3NO2. The number of amides is 1. The molecule has 0 fully saturated rings. The van der Waals surface area contributed by atoms with Gasteiger partial charge in [0.1, 0.15) is 5.75 Å². The van der Waals surface area contributed by atoms with Gasteiger partial charge in [-0.15, -0.1) is 0 Å². The van der Waals surface area contributed by atoms with Gasteiger partial charge in [-0.05, 0) is 25.1 Å². The minimum atomic E-state index is -0.346. The molecule has 2 aromatic carbocycles. The third kappa shape index (κ3) is 3.27. The summed E-state index contributed by atoms with van der Waals surface area (Å²) < 4.78 is 5.64. The number of halogens is 3. The van der Waals surface area contributed by atoms with E-state index in [1.807, 2.05) is 25.1 Å². The van der Waals surface area contributed by atoms with E-state index in [9.17, 15) is 4.79 Å². The number of hydrogen-bond acceptors (Lipinski definition) is 2. The second-order valence-corrected chi connectivity index (χ2v) is 6.62. The van der Waals surface area contributed by atoms with Crippen LogP contribution in [0.5, 0.6) is 5.75 Å². The quantitative estimate of drug-likeness (QED) is 0.737. The predicted molar refractivity (Wildman–Crippen MR) is 93.0 cm³/mol. The largest absolute Gasteiger partial charge is 0.493 e. The average molecular weight is 371 g/mol. The van der Waals surface area contributed by atoms with Crippen molar-refractivity contribution < 1.29 is 9.53 Å². The molecule has 1 unspecified atom stereocenters. The van der Waals surface area contributed by atoms with E-state index in [1.54, 1.807) is 12.1 Å². The number of aryl methyl sites for hydroxylation is 1. The number of fused-ring (bicyclic) bond motifs is 1. The normalized spacial score (nSPS) is 16.4. The maximum absolute atomic E-state index is 12.6. The fourth-order valence-electron chi connectivity index (χ4n) is 2.63. The van der Waals surface area contributed by atoms with Crippen molar-refractivity contribution in [3.05, 3.63) is 62.1 Å². The molecular weight excluding hydrogens is 357 g/mol. The third-order valence-electron chi connectivity index (χ3n) is 3.78. The minimum Gasteiger partial charge on any atom is -0.493 e. The van der Waals surface area contributed by atoms with Crippen molar-refractivity contribution in [3.63, 3.8) is 0 Å².